The van der Waals surface area contributed by atoms with Crippen molar-refractivity contribution < 1.29 is 9.47 Å². The average molecular weight is 451 g/mol. The van der Waals surface area contributed by atoms with E-state index in [1.165, 1.54) is 16.3 Å². The molecule has 1 unspecified atom stereocenters. The van der Waals surface area contributed by atoms with Gasteiger partial charge in [0, 0.05) is 48.0 Å². The highest BCUT2D eigenvalue weighted by molar-refractivity contribution is 7.80. The monoisotopic (exact) mass is 451 g/mol. The molecule has 6 rings (SSSR count). The van der Waals surface area contributed by atoms with Crippen LogP contribution in [0, 0.1) is 0 Å². The average Bonchev–Trinajstić information content (AvgIpc) is 3.30. The molecule has 3 heterocycles. The van der Waals surface area contributed by atoms with Crippen molar-refractivity contribution in [3.05, 3.63) is 104 Å². The van der Waals surface area contributed by atoms with Gasteiger partial charge in [-0.05, 0) is 55.7 Å². The Labute approximate surface area is 194 Å². The zero-order valence-corrected chi connectivity index (χ0v) is 19.0. The molecule has 1 atom stereocenters. The van der Waals surface area contributed by atoms with Crippen LogP contribution in [0.4, 0.5) is 5.69 Å². The summed E-state index contributed by atoms with van der Waals surface area (Å²) in [7, 11) is 1.26. The van der Waals surface area contributed by atoms with Gasteiger partial charge in [0.05, 0.1) is 6.67 Å². The maximum atomic E-state index is 6.30. The van der Waals surface area contributed by atoms with Gasteiger partial charge in [-0.15, -0.1) is 0 Å². The van der Waals surface area contributed by atoms with E-state index in [9.17, 15) is 0 Å². The molecule has 1 aromatic heterocycles. The Kier molecular flexibility index (Phi) is 4.97. The Hall–Kier alpha value is -3.82. The molecule has 2 aliphatic rings. The van der Waals surface area contributed by atoms with Crippen molar-refractivity contribution in [2.75, 3.05) is 18.6 Å². The summed E-state index contributed by atoms with van der Waals surface area (Å²) in [6.45, 7) is 0.847. The summed E-state index contributed by atoms with van der Waals surface area (Å²) in [6, 6.07) is 28.9. The fraction of sp³-hybridized carbons (Fsp3) is 0.0741. The van der Waals surface area contributed by atoms with Gasteiger partial charge in [0.2, 0.25) is 5.88 Å². The van der Waals surface area contributed by atoms with E-state index in [1.807, 2.05) is 42.5 Å². The number of para-hydroxylation sites is 1. The standard InChI is InChI=1S/C27H22N3O2P/c1-29-15-16-30(19-29)20-7-6-8-22(17-20)33-25-10-3-2-9-23(25)32-24-13-12-21(18-26(24)33)31-27-11-4-5-14-28-27/h2-18H,19H2,1H3. The number of nitrogens with zero attached hydrogens (tertiary/aromatic N) is 3. The van der Waals surface area contributed by atoms with Crippen LogP contribution in [0.2, 0.25) is 0 Å². The maximum Gasteiger partial charge on any atom is 0.219 e. The van der Waals surface area contributed by atoms with Gasteiger partial charge in [-0.2, -0.15) is 0 Å². The third kappa shape index (κ3) is 3.81. The second-order valence-electron chi connectivity index (χ2n) is 7.99. The minimum Gasteiger partial charge on any atom is -0.456 e. The third-order valence-electron chi connectivity index (χ3n) is 5.65. The highest BCUT2D eigenvalue weighted by Crippen LogP contribution is 2.46. The Morgan fingerprint density at radius 2 is 1.73 bits per heavy atom. The quantitative estimate of drug-likeness (QED) is 0.363. The molecule has 6 heteroatoms. The van der Waals surface area contributed by atoms with E-state index in [4.69, 9.17) is 9.47 Å². The summed E-state index contributed by atoms with van der Waals surface area (Å²) in [4.78, 5) is 8.72. The Bertz CT molecular complexity index is 1340. The van der Waals surface area contributed by atoms with Crippen LogP contribution in [0.1, 0.15) is 0 Å². The van der Waals surface area contributed by atoms with E-state index in [-0.39, 0.29) is 0 Å². The summed E-state index contributed by atoms with van der Waals surface area (Å²) in [5.41, 5.74) is 1.18. The van der Waals surface area contributed by atoms with Crippen LogP contribution in [0.5, 0.6) is 23.1 Å². The number of fused-ring (bicyclic) bond motifs is 2. The van der Waals surface area contributed by atoms with Crippen LogP contribution in [0.15, 0.2) is 104 Å². The minimum atomic E-state index is -0.821. The Morgan fingerprint density at radius 3 is 2.58 bits per heavy atom. The SMILES string of the molecule is CN1C=CN(c2cccc(P3c4ccccc4Oc4ccc(Oc5ccccn5)cc43)c2)C1. The normalized spacial score (nSPS) is 16.2. The van der Waals surface area contributed by atoms with Crippen molar-refractivity contribution in [3.8, 4) is 23.1 Å². The number of aromatic nitrogens is 1. The molecule has 0 aliphatic carbocycles. The zero-order valence-electron chi connectivity index (χ0n) is 18.1. The van der Waals surface area contributed by atoms with Gasteiger partial charge in [0.15, 0.2) is 0 Å². The third-order valence-corrected chi connectivity index (χ3v) is 8.13. The van der Waals surface area contributed by atoms with Gasteiger partial charge in [-0.25, -0.2) is 4.98 Å². The summed E-state index contributed by atoms with van der Waals surface area (Å²) in [5, 5.41) is 3.63. The zero-order chi connectivity index (χ0) is 22.2. The second-order valence-corrected chi connectivity index (χ2v) is 10.1. The van der Waals surface area contributed by atoms with E-state index in [1.54, 1.807) is 6.20 Å². The van der Waals surface area contributed by atoms with Gasteiger partial charge in [0.25, 0.3) is 0 Å². The second kappa shape index (κ2) is 8.27. The highest BCUT2D eigenvalue weighted by atomic mass is 31.1. The van der Waals surface area contributed by atoms with Crippen molar-refractivity contribution in [2.24, 2.45) is 0 Å². The first-order valence-electron chi connectivity index (χ1n) is 10.8. The van der Waals surface area contributed by atoms with Crippen LogP contribution in [-0.4, -0.2) is 23.6 Å². The maximum absolute atomic E-state index is 6.30. The number of anilines is 1. The lowest BCUT2D eigenvalue weighted by molar-refractivity contribution is 0.458. The molecule has 162 valence electrons. The predicted octanol–water partition coefficient (Wildman–Crippen LogP) is 4.92. The molecule has 0 amide bonds. The molecule has 33 heavy (non-hydrogen) atoms. The molecule has 4 aromatic rings. The lowest BCUT2D eigenvalue weighted by Gasteiger charge is -2.30. The molecule has 0 bridgehead atoms. The largest absolute Gasteiger partial charge is 0.456 e. The molecule has 5 nitrogen and oxygen atoms in total. The van der Waals surface area contributed by atoms with Gasteiger partial charge in [-0.3, -0.25) is 0 Å². The molecule has 0 fully saturated rings. The topological polar surface area (TPSA) is 37.8 Å². The van der Waals surface area contributed by atoms with Gasteiger partial charge in [0.1, 0.15) is 17.2 Å². The molecule has 0 spiro atoms. The first-order valence-corrected chi connectivity index (χ1v) is 12.1. The predicted molar refractivity (Wildman–Crippen MR) is 134 cm³/mol. The summed E-state index contributed by atoms with van der Waals surface area (Å²) < 4.78 is 12.3. The Morgan fingerprint density at radius 1 is 0.848 bits per heavy atom. The van der Waals surface area contributed by atoms with Crippen LogP contribution in [-0.2, 0) is 0 Å². The lowest BCUT2D eigenvalue weighted by Crippen LogP contribution is -2.28. The summed E-state index contributed by atoms with van der Waals surface area (Å²) in [5.74, 6) is 3.12. The minimum absolute atomic E-state index is 0.575. The number of ether oxygens (including phenoxy) is 2. The highest BCUT2D eigenvalue weighted by Gasteiger charge is 2.29. The molecule has 2 aliphatic heterocycles. The van der Waals surface area contributed by atoms with Crippen LogP contribution >= 0.6 is 7.92 Å². The summed E-state index contributed by atoms with van der Waals surface area (Å²) in [6.07, 6.45) is 5.95. The van der Waals surface area contributed by atoms with Crippen molar-refractivity contribution in [1.29, 1.82) is 0 Å². The first-order chi connectivity index (χ1) is 16.2. The Balaban J connectivity index is 1.44. The van der Waals surface area contributed by atoms with E-state index in [2.05, 4.69) is 76.7 Å². The number of rotatable bonds is 4. The lowest BCUT2D eigenvalue weighted by atomic mass is 10.3. The smallest absolute Gasteiger partial charge is 0.219 e. The van der Waals surface area contributed by atoms with E-state index >= 15 is 0 Å². The fourth-order valence-corrected chi connectivity index (χ4v) is 6.60. The number of hydrogen-bond donors (Lipinski definition) is 0. The van der Waals surface area contributed by atoms with Crippen molar-refractivity contribution in [2.45, 2.75) is 0 Å². The molecule has 3 aromatic carbocycles. The number of pyridine rings is 1. The molecular weight excluding hydrogens is 429 g/mol. The number of benzene rings is 3. The van der Waals surface area contributed by atoms with Crippen LogP contribution in [0.25, 0.3) is 0 Å². The van der Waals surface area contributed by atoms with E-state index < -0.39 is 7.92 Å². The van der Waals surface area contributed by atoms with Crippen LogP contribution < -0.4 is 30.3 Å². The van der Waals surface area contributed by atoms with Gasteiger partial charge in [-0.1, -0.05) is 36.4 Å². The molecule has 0 radical (unpaired) electrons. The van der Waals surface area contributed by atoms with E-state index in [0.29, 0.717) is 5.88 Å². The van der Waals surface area contributed by atoms with Gasteiger partial charge >= 0.3 is 0 Å². The first kappa shape index (κ1) is 19.8. The summed E-state index contributed by atoms with van der Waals surface area (Å²) >= 11 is 0. The van der Waals surface area contributed by atoms with Gasteiger partial charge < -0.3 is 19.3 Å². The van der Waals surface area contributed by atoms with E-state index in [0.717, 1.165) is 29.2 Å². The molecule has 0 N–H and O–H groups in total. The van der Waals surface area contributed by atoms with Crippen LogP contribution in [0.3, 0.4) is 0 Å². The number of hydrogen-bond acceptors (Lipinski definition) is 5. The molecular formula is C27H22N3O2P. The molecule has 0 saturated heterocycles. The van der Waals surface area contributed by atoms with Crippen molar-refractivity contribution in [3.63, 3.8) is 0 Å². The van der Waals surface area contributed by atoms with Crippen molar-refractivity contribution in [1.82, 2.24) is 9.88 Å². The molecule has 0 saturated carbocycles. The fourth-order valence-electron chi connectivity index (χ4n) is 4.11. The van der Waals surface area contributed by atoms with Crippen molar-refractivity contribution >= 4 is 29.5 Å².